The zero-order valence-corrected chi connectivity index (χ0v) is 12.4. The monoisotopic (exact) mass is 306 g/mol. The van der Waals surface area contributed by atoms with Gasteiger partial charge in [-0.2, -0.15) is 10.2 Å². The lowest BCUT2D eigenvalue weighted by molar-refractivity contribution is 0.152. The van der Waals surface area contributed by atoms with Crippen LogP contribution in [0.1, 0.15) is 25.0 Å². The van der Waals surface area contributed by atoms with Gasteiger partial charge in [-0.15, -0.1) is 0 Å². The molecule has 0 aliphatic heterocycles. The summed E-state index contributed by atoms with van der Waals surface area (Å²) in [6.45, 7) is 3.97. The molecule has 0 heterocycles. The van der Waals surface area contributed by atoms with Crippen LogP contribution in [0.4, 0.5) is 9.59 Å². The Hall–Kier alpha value is -2.90. The van der Waals surface area contributed by atoms with Crippen molar-refractivity contribution in [3.8, 4) is 0 Å². The Morgan fingerprint density at radius 2 is 1.45 bits per heavy atom. The molecule has 0 bridgehead atoms. The second kappa shape index (κ2) is 9.92. The molecular formula is C14H18N4O4. The van der Waals surface area contributed by atoms with Crippen LogP contribution in [0.2, 0.25) is 0 Å². The summed E-state index contributed by atoms with van der Waals surface area (Å²) in [5.41, 5.74) is 5.94. The van der Waals surface area contributed by atoms with Gasteiger partial charge in [-0.25, -0.2) is 20.4 Å². The van der Waals surface area contributed by atoms with Crippen LogP contribution < -0.4 is 10.9 Å². The average Bonchev–Trinajstić information content (AvgIpc) is 2.48. The Kier molecular flexibility index (Phi) is 7.73. The molecule has 0 unspecified atom stereocenters. The Balaban J connectivity index is 2.55. The van der Waals surface area contributed by atoms with Gasteiger partial charge >= 0.3 is 12.2 Å². The topological polar surface area (TPSA) is 101 Å². The first-order valence-electron chi connectivity index (χ1n) is 6.67. The summed E-state index contributed by atoms with van der Waals surface area (Å²) in [7, 11) is 0. The molecule has 0 spiro atoms. The molecule has 0 saturated heterocycles. The lowest BCUT2D eigenvalue weighted by Crippen LogP contribution is -2.18. The lowest BCUT2D eigenvalue weighted by Gasteiger charge is -2.00. The molecule has 0 aromatic heterocycles. The van der Waals surface area contributed by atoms with Crippen LogP contribution in [0.3, 0.4) is 0 Å². The van der Waals surface area contributed by atoms with E-state index in [4.69, 9.17) is 0 Å². The van der Waals surface area contributed by atoms with Gasteiger partial charge in [0.1, 0.15) is 0 Å². The first-order valence-corrected chi connectivity index (χ1v) is 6.67. The summed E-state index contributed by atoms with van der Waals surface area (Å²) in [6, 6.07) is 7.16. The number of hydrogen-bond acceptors (Lipinski definition) is 6. The molecule has 1 aromatic rings. The van der Waals surface area contributed by atoms with E-state index in [1.54, 1.807) is 38.1 Å². The van der Waals surface area contributed by atoms with Gasteiger partial charge in [0, 0.05) is 0 Å². The Morgan fingerprint density at radius 1 is 1.00 bits per heavy atom. The van der Waals surface area contributed by atoms with Gasteiger partial charge in [0.05, 0.1) is 25.6 Å². The molecule has 0 radical (unpaired) electrons. The van der Waals surface area contributed by atoms with E-state index in [0.29, 0.717) is 0 Å². The third kappa shape index (κ3) is 7.04. The van der Waals surface area contributed by atoms with Crippen molar-refractivity contribution in [3.63, 3.8) is 0 Å². The van der Waals surface area contributed by atoms with Gasteiger partial charge < -0.3 is 9.47 Å². The van der Waals surface area contributed by atoms with Crippen LogP contribution in [0.25, 0.3) is 0 Å². The molecule has 1 rings (SSSR count). The van der Waals surface area contributed by atoms with Crippen molar-refractivity contribution in [1.82, 2.24) is 10.9 Å². The smallest absolute Gasteiger partial charge is 0.427 e. The largest absolute Gasteiger partial charge is 0.449 e. The maximum atomic E-state index is 11.0. The van der Waals surface area contributed by atoms with Crippen LogP contribution in [0, 0.1) is 0 Å². The van der Waals surface area contributed by atoms with Crippen LogP contribution >= 0.6 is 0 Å². The predicted molar refractivity (Wildman–Crippen MR) is 81.9 cm³/mol. The molecule has 2 N–H and O–H groups in total. The molecular weight excluding hydrogens is 288 g/mol. The van der Waals surface area contributed by atoms with Gasteiger partial charge in [0.2, 0.25) is 0 Å². The first-order chi connectivity index (χ1) is 10.7. The van der Waals surface area contributed by atoms with Crippen molar-refractivity contribution in [3.05, 3.63) is 35.4 Å². The summed E-state index contributed by atoms with van der Waals surface area (Å²) < 4.78 is 9.32. The number of ether oxygens (including phenoxy) is 2. The van der Waals surface area contributed by atoms with Crippen LogP contribution in [-0.4, -0.2) is 37.8 Å². The van der Waals surface area contributed by atoms with E-state index in [2.05, 4.69) is 30.5 Å². The fraction of sp³-hybridized carbons (Fsp3) is 0.286. The number of carbonyl (C=O) groups is 2. The Morgan fingerprint density at radius 3 is 1.86 bits per heavy atom. The van der Waals surface area contributed by atoms with Gasteiger partial charge in [-0.1, -0.05) is 18.2 Å². The van der Waals surface area contributed by atoms with Gasteiger partial charge in [0.15, 0.2) is 0 Å². The predicted octanol–water partition coefficient (Wildman–Crippen LogP) is 1.85. The summed E-state index contributed by atoms with van der Waals surface area (Å²) in [6.07, 6.45) is 1.70. The molecule has 118 valence electrons. The summed E-state index contributed by atoms with van der Waals surface area (Å²) >= 11 is 0. The molecule has 1 aromatic carbocycles. The van der Waals surface area contributed by atoms with Gasteiger partial charge in [-0.3, -0.25) is 0 Å². The third-order valence-electron chi connectivity index (χ3n) is 2.20. The second-order valence-corrected chi connectivity index (χ2v) is 3.85. The Labute approximate surface area is 128 Å². The number of rotatable bonds is 6. The van der Waals surface area contributed by atoms with Crippen molar-refractivity contribution < 1.29 is 19.1 Å². The highest BCUT2D eigenvalue weighted by Gasteiger charge is 1.97. The number of nitrogens with zero attached hydrogens (tertiary/aromatic N) is 2. The quantitative estimate of drug-likeness (QED) is 0.618. The second-order valence-electron chi connectivity index (χ2n) is 3.85. The standard InChI is InChI=1S/C14H18N4O4/c1-3-21-13(19)17-15-9-11-6-5-7-12(8-11)10-16-18-14(20)22-4-2/h5-10H,3-4H2,1-2H3,(H,17,19)(H,18,20)/b15-9+,16-10+. The SMILES string of the molecule is CCOC(=O)N/N=C/c1cccc(/C=N/NC(=O)OCC)c1. The molecule has 8 nitrogen and oxygen atoms in total. The minimum atomic E-state index is -0.616. The zero-order chi connectivity index (χ0) is 16.2. The number of nitrogens with one attached hydrogen (secondary N) is 2. The number of carbonyl (C=O) groups excluding carboxylic acids is 2. The van der Waals surface area contributed by atoms with E-state index >= 15 is 0 Å². The Bertz CT molecular complexity index is 512. The fourth-order valence-corrected chi connectivity index (χ4v) is 1.37. The van der Waals surface area contributed by atoms with E-state index in [9.17, 15) is 9.59 Å². The highest BCUT2D eigenvalue weighted by molar-refractivity contribution is 5.86. The molecule has 0 atom stereocenters. The van der Waals surface area contributed by atoms with Gasteiger partial charge in [0.25, 0.3) is 0 Å². The molecule has 2 amide bonds. The van der Waals surface area contributed by atoms with E-state index in [1.807, 2.05) is 0 Å². The summed E-state index contributed by atoms with van der Waals surface area (Å²) in [5, 5.41) is 7.50. The number of benzene rings is 1. The van der Waals surface area contributed by atoms with Crippen LogP contribution in [0.5, 0.6) is 0 Å². The molecule has 8 heteroatoms. The fourth-order valence-electron chi connectivity index (χ4n) is 1.37. The van der Waals surface area contributed by atoms with Crippen molar-refractivity contribution in [2.45, 2.75) is 13.8 Å². The summed E-state index contributed by atoms with van der Waals surface area (Å²) in [5.74, 6) is 0. The summed E-state index contributed by atoms with van der Waals surface area (Å²) in [4.78, 5) is 22.1. The van der Waals surface area contributed by atoms with E-state index in [0.717, 1.165) is 11.1 Å². The van der Waals surface area contributed by atoms with E-state index in [1.165, 1.54) is 12.4 Å². The van der Waals surface area contributed by atoms with Crippen LogP contribution in [-0.2, 0) is 9.47 Å². The average molecular weight is 306 g/mol. The van der Waals surface area contributed by atoms with Crippen molar-refractivity contribution >= 4 is 24.6 Å². The normalized spacial score (nSPS) is 10.6. The molecule has 22 heavy (non-hydrogen) atoms. The van der Waals surface area contributed by atoms with Crippen molar-refractivity contribution in [2.75, 3.05) is 13.2 Å². The van der Waals surface area contributed by atoms with Gasteiger partial charge in [-0.05, 0) is 31.0 Å². The number of amides is 2. The maximum Gasteiger partial charge on any atom is 0.427 e. The zero-order valence-electron chi connectivity index (χ0n) is 12.4. The third-order valence-corrected chi connectivity index (χ3v) is 2.20. The highest BCUT2D eigenvalue weighted by atomic mass is 16.6. The minimum Gasteiger partial charge on any atom is -0.449 e. The maximum absolute atomic E-state index is 11.0. The number of hydrazone groups is 2. The highest BCUT2D eigenvalue weighted by Crippen LogP contribution is 2.00. The van der Waals surface area contributed by atoms with Crippen molar-refractivity contribution in [1.29, 1.82) is 0 Å². The number of hydrogen-bond donors (Lipinski definition) is 2. The minimum absolute atomic E-state index is 0.279. The van der Waals surface area contributed by atoms with E-state index < -0.39 is 12.2 Å². The molecule has 0 fully saturated rings. The first kappa shape index (κ1) is 17.2. The lowest BCUT2D eigenvalue weighted by atomic mass is 10.1. The molecule has 0 saturated carbocycles. The van der Waals surface area contributed by atoms with E-state index in [-0.39, 0.29) is 13.2 Å². The molecule has 0 aliphatic carbocycles. The van der Waals surface area contributed by atoms with Crippen molar-refractivity contribution in [2.24, 2.45) is 10.2 Å². The van der Waals surface area contributed by atoms with Crippen LogP contribution in [0.15, 0.2) is 34.5 Å². The molecule has 0 aliphatic rings.